The zero-order valence-corrected chi connectivity index (χ0v) is 11.9. The Kier molecular flexibility index (Phi) is 4.96. The maximum Gasteiger partial charge on any atom is 0.387 e. The van der Waals surface area contributed by atoms with E-state index in [0.29, 0.717) is 11.3 Å². The molecule has 21 heavy (non-hydrogen) atoms. The van der Waals surface area contributed by atoms with Crippen LogP contribution in [0.4, 0.5) is 18.9 Å². The Morgan fingerprint density at radius 2 is 1.95 bits per heavy atom. The first-order valence-electron chi connectivity index (χ1n) is 6.19. The fourth-order valence-corrected chi connectivity index (χ4v) is 2.06. The van der Waals surface area contributed by atoms with Gasteiger partial charge < -0.3 is 10.1 Å². The summed E-state index contributed by atoms with van der Waals surface area (Å²) in [7, 11) is 0. The minimum atomic E-state index is -2.93. The number of hydrogen-bond acceptors (Lipinski definition) is 2. The predicted molar refractivity (Wildman–Crippen MR) is 76.5 cm³/mol. The van der Waals surface area contributed by atoms with E-state index < -0.39 is 6.61 Å². The van der Waals surface area contributed by atoms with Gasteiger partial charge in [0, 0.05) is 17.8 Å². The molecule has 0 radical (unpaired) electrons. The maximum absolute atomic E-state index is 13.6. The summed E-state index contributed by atoms with van der Waals surface area (Å²) in [6, 6.07) is 9.15. The molecular weight excluding hydrogens is 303 g/mol. The van der Waals surface area contributed by atoms with Crippen LogP contribution in [0.15, 0.2) is 36.4 Å². The van der Waals surface area contributed by atoms with Crippen LogP contribution in [0, 0.1) is 12.7 Å². The molecule has 1 N–H and O–H groups in total. The maximum atomic E-state index is 13.6. The molecule has 2 nitrogen and oxygen atoms in total. The van der Waals surface area contributed by atoms with Gasteiger partial charge in [0.05, 0.1) is 5.02 Å². The molecule has 0 saturated carbocycles. The molecule has 0 saturated heterocycles. The standard InChI is InChI=1S/C15H13ClF3NO/c1-9-2-4-13(17)10(6-9)8-20-11-3-5-14(12(16)7-11)21-15(18)19/h2-7,15,20H,8H2,1H3. The third kappa shape index (κ3) is 4.29. The minimum Gasteiger partial charge on any atom is -0.433 e. The number of hydrogen-bond donors (Lipinski definition) is 1. The van der Waals surface area contributed by atoms with Crippen LogP contribution in [0.3, 0.4) is 0 Å². The minimum absolute atomic E-state index is 0.0602. The van der Waals surface area contributed by atoms with Gasteiger partial charge >= 0.3 is 6.61 Å². The highest BCUT2D eigenvalue weighted by atomic mass is 35.5. The average molecular weight is 316 g/mol. The van der Waals surface area contributed by atoms with Gasteiger partial charge in [0.2, 0.25) is 0 Å². The van der Waals surface area contributed by atoms with Crippen molar-refractivity contribution < 1.29 is 17.9 Å². The van der Waals surface area contributed by atoms with Gasteiger partial charge in [0.1, 0.15) is 11.6 Å². The highest BCUT2D eigenvalue weighted by Gasteiger charge is 2.09. The Labute approximate surface area is 125 Å². The normalized spacial score (nSPS) is 10.8. The van der Waals surface area contributed by atoms with Crippen LogP contribution in [0.1, 0.15) is 11.1 Å². The van der Waals surface area contributed by atoms with E-state index in [4.69, 9.17) is 11.6 Å². The van der Waals surface area contributed by atoms with Gasteiger partial charge in [-0.1, -0.05) is 29.3 Å². The first kappa shape index (κ1) is 15.5. The SMILES string of the molecule is Cc1ccc(F)c(CNc2ccc(OC(F)F)c(Cl)c2)c1. The fraction of sp³-hybridized carbons (Fsp3) is 0.200. The third-order valence-corrected chi connectivity index (χ3v) is 3.13. The van der Waals surface area contributed by atoms with Crippen molar-refractivity contribution in [3.8, 4) is 5.75 Å². The van der Waals surface area contributed by atoms with E-state index in [0.717, 1.165) is 5.56 Å². The third-order valence-electron chi connectivity index (χ3n) is 2.83. The van der Waals surface area contributed by atoms with Crippen molar-refractivity contribution in [2.45, 2.75) is 20.1 Å². The zero-order chi connectivity index (χ0) is 15.4. The molecule has 0 aliphatic carbocycles. The van der Waals surface area contributed by atoms with Gasteiger partial charge in [-0.2, -0.15) is 8.78 Å². The molecular formula is C15H13ClF3NO. The van der Waals surface area contributed by atoms with Gasteiger partial charge in [-0.25, -0.2) is 4.39 Å². The van der Waals surface area contributed by atoms with Crippen LogP contribution >= 0.6 is 11.6 Å². The topological polar surface area (TPSA) is 21.3 Å². The van der Waals surface area contributed by atoms with E-state index >= 15 is 0 Å². The summed E-state index contributed by atoms with van der Waals surface area (Å²) in [4.78, 5) is 0. The molecule has 0 bridgehead atoms. The number of benzene rings is 2. The van der Waals surface area contributed by atoms with E-state index in [1.807, 2.05) is 6.92 Å². The Bertz CT molecular complexity index is 634. The van der Waals surface area contributed by atoms with E-state index in [9.17, 15) is 13.2 Å². The van der Waals surface area contributed by atoms with E-state index in [-0.39, 0.29) is 23.1 Å². The number of halogens is 4. The van der Waals surface area contributed by atoms with Crippen LogP contribution in [0.5, 0.6) is 5.75 Å². The first-order valence-corrected chi connectivity index (χ1v) is 6.57. The van der Waals surface area contributed by atoms with E-state index in [1.54, 1.807) is 12.1 Å². The fourth-order valence-electron chi connectivity index (χ4n) is 1.84. The molecule has 0 amide bonds. The quantitative estimate of drug-likeness (QED) is 0.838. The van der Waals surface area contributed by atoms with Crippen molar-refractivity contribution in [2.75, 3.05) is 5.32 Å². The Hall–Kier alpha value is -1.88. The number of rotatable bonds is 5. The van der Waals surface area contributed by atoms with Crippen molar-refractivity contribution in [2.24, 2.45) is 0 Å². The summed E-state index contributed by atoms with van der Waals surface area (Å²) < 4.78 is 42.1. The smallest absolute Gasteiger partial charge is 0.387 e. The van der Waals surface area contributed by atoms with Crippen LogP contribution in [0.2, 0.25) is 5.02 Å². The highest BCUT2D eigenvalue weighted by molar-refractivity contribution is 6.32. The summed E-state index contributed by atoms with van der Waals surface area (Å²) in [5.41, 5.74) is 2.05. The van der Waals surface area contributed by atoms with Gasteiger partial charge in [-0.05, 0) is 31.2 Å². The number of nitrogens with one attached hydrogen (secondary N) is 1. The second kappa shape index (κ2) is 6.72. The lowest BCUT2D eigenvalue weighted by Gasteiger charge is -2.11. The molecule has 0 aliphatic heterocycles. The second-order valence-corrected chi connectivity index (χ2v) is 4.88. The van der Waals surface area contributed by atoms with Crippen LogP contribution in [-0.4, -0.2) is 6.61 Å². The Balaban J connectivity index is 2.07. The largest absolute Gasteiger partial charge is 0.433 e. The molecule has 0 fully saturated rings. The van der Waals surface area contributed by atoms with Crippen LogP contribution in [0.25, 0.3) is 0 Å². The molecule has 0 spiro atoms. The molecule has 112 valence electrons. The lowest BCUT2D eigenvalue weighted by atomic mass is 10.1. The summed E-state index contributed by atoms with van der Waals surface area (Å²) >= 11 is 5.84. The summed E-state index contributed by atoms with van der Waals surface area (Å²) in [6.07, 6.45) is 0. The van der Waals surface area contributed by atoms with Crippen molar-refractivity contribution in [3.05, 3.63) is 58.4 Å². The second-order valence-electron chi connectivity index (χ2n) is 4.47. The first-order chi connectivity index (χ1) is 9.95. The monoisotopic (exact) mass is 315 g/mol. The number of alkyl halides is 2. The number of ether oxygens (including phenoxy) is 1. The molecule has 0 unspecified atom stereocenters. The Morgan fingerprint density at radius 1 is 1.19 bits per heavy atom. The molecule has 6 heteroatoms. The highest BCUT2D eigenvalue weighted by Crippen LogP contribution is 2.29. The van der Waals surface area contributed by atoms with Gasteiger partial charge in [0.15, 0.2) is 0 Å². The van der Waals surface area contributed by atoms with Gasteiger partial charge in [0.25, 0.3) is 0 Å². The summed E-state index contributed by atoms with van der Waals surface area (Å²) in [5.74, 6) is -0.407. The van der Waals surface area contributed by atoms with E-state index in [2.05, 4.69) is 10.1 Å². The number of anilines is 1. The number of aryl methyl sites for hydroxylation is 1. The molecule has 2 rings (SSSR count). The van der Waals surface area contributed by atoms with Crippen molar-refractivity contribution in [3.63, 3.8) is 0 Å². The summed E-state index contributed by atoms with van der Waals surface area (Å²) in [6.45, 7) is -0.794. The van der Waals surface area contributed by atoms with Gasteiger partial charge in [-0.3, -0.25) is 0 Å². The molecule has 2 aromatic carbocycles. The zero-order valence-electron chi connectivity index (χ0n) is 11.2. The molecule has 0 aliphatic rings. The lowest BCUT2D eigenvalue weighted by molar-refractivity contribution is -0.0497. The van der Waals surface area contributed by atoms with Gasteiger partial charge in [-0.15, -0.1) is 0 Å². The lowest BCUT2D eigenvalue weighted by Crippen LogP contribution is -2.04. The van der Waals surface area contributed by atoms with E-state index in [1.165, 1.54) is 24.3 Å². The molecule has 0 aromatic heterocycles. The molecule has 0 heterocycles. The average Bonchev–Trinajstić information content (AvgIpc) is 2.42. The molecule has 0 atom stereocenters. The van der Waals surface area contributed by atoms with Crippen molar-refractivity contribution >= 4 is 17.3 Å². The van der Waals surface area contributed by atoms with Crippen LogP contribution in [-0.2, 0) is 6.54 Å². The Morgan fingerprint density at radius 3 is 2.62 bits per heavy atom. The van der Waals surface area contributed by atoms with Crippen LogP contribution < -0.4 is 10.1 Å². The predicted octanol–water partition coefficient (Wildman–Crippen LogP) is 5.00. The summed E-state index contributed by atoms with van der Waals surface area (Å²) in [5, 5.41) is 3.04. The molecule has 2 aromatic rings. The van der Waals surface area contributed by atoms with Crippen molar-refractivity contribution in [1.29, 1.82) is 0 Å². The van der Waals surface area contributed by atoms with Crippen molar-refractivity contribution in [1.82, 2.24) is 0 Å².